The molecular formula is C14H25F2N3. The third kappa shape index (κ3) is 3.26. The van der Waals surface area contributed by atoms with Gasteiger partial charge in [0.15, 0.2) is 0 Å². The van der Waals surface area contributed by atoms with Crippen molar-refractivity contribution in [2.45, 2.75) is 44.1 Å². The van der Waals surface area contributed by atoms with Gasteiger partial charge in [-0.15, -0.1) is 0 Å². The summed E-state index contributed by atoms with van der Waals surface area (Å²) in [7, 11) is 1.68. The molecule has 1 heterocycles. The monoisotopic (exact) mass is 273 g/mol. The SMILES string of the molecule is C=C1CCC[C@](C(=C)NCC)(C(F)(F)CCNC)N1. The fraction of sp³-hybridized carbons (Fsp3) is 0.714. The summed E-state index contributed by atoms with van der Waals surface area (Å²) in [5, 5.41) is 8.67. The molecular weight excluding hydrogens is 248 g/mol. The standard InChI is InChI=1S/C14H25F2N3/c1-5-18-12(3)13(8-6-7-11(2)19-13)14(15,16)9-10-17-4/h17-19H,2-3,5-10H2,1,4H3/t13-/m0/s1. The van der Waals surface area contributed by atoms with E-state index in [9.17, 15) is 8.78 Å². The fourth-order valence-electron chi connectivity index (χ4n) is 2.57. The van der Waals surface area contributed by atoms with Gasteiger partial charge < -0.3 is 16.0 Å². The fourth-order valence-corrected chi connectivity index (χ4v) is 2.57. The van der Waals surface area contributed by atoms with Crippen LogP contribution in [0, 0.1) is 0 Å². The predicted molar refractivity (Wildman–Crippen MR) is 75.2 cm³/mol. The quantitative estimate of drug-likeness (QED) is 0.666. The minimum Gasteiger partial charge on any atom is -0.387 e. The van der Waals surface area contributed by atoms with E-state index in [4.69, 9.17) is 0 Å². The maximum absolute atomic E-state index is 14.7. The second kappa shape index (κ2) is 6.37. The first-order valence-electron chi connectivity index (χ1n) is 6.81. The van der Waals surface area contributed by atoms with Gasteiger partial charge in [0, 0.05) is 30.9 Å². The lowest BCUT2D eigenvalue weighted by atomic mass is 9.78. The van der Waals surface area contributed by atoms with Crippen LogP contribution in [-0.4, -0.2) is 31.6 Å². The summed E-state index contributed by atoms with van der Waals surface area (Å²) in [4.78, 5) is 0. The number of nitrogens with one attached hydrogen (secondary N) is 3. The minimum absolute atomic E-state index is 0.228. The van der Waals surface area contributed by atoms with Crippen LogP contribution >= 0.6 is 0 Å². The molecule has 1 rings (SSSR count). The van der Waals surface area contributed by atoms with Gasteiger partial charge in [0.25, 0.3) is 5.92 Å². The van der Waals surface area contributed by atoms with Crippen molar-refractivity contribution in [2.75, 3.05) is 20.1 Å². The Bertz CT molecular complexity index is 342. The third-order valence-corrected chi connectivity index (χ3v) is 3.64. The number of rotatable bonds is 7. The van der Waals surface area contributed by atoms with Gasteiger partial charge in [-0.05, 0) is 33.2 Å². The van der Waals surface area contributed by atoms with Crippen LogP contribution in [0.25, 0.3) is 0 Å². The Morgan fingerprint density at radius 3 is 2.74 bits per heavy atom. The Balaban J connectivity index is 3.03. The number of piperidine rings is 1. The molecule has 19 heavy (non-hydrogen) atoms. The first kappa shape index (κ1) is 16.0. The molecule has 0 radical (unpaired) electrons. The van der Waals surface area contributed by atoms with Gasteiger partial charge in [-0.2, -0.15) is 0 Å². The lowest BCUT2D eigenvalue weighted by molar-refractivity contribution is -0.0870. The molecule has 110 valence electrons. The Morgan fingerprint density at radius 1 is 1.53 bits per heavy atom. The predicted octanol–water partition coefficient (Wildman–Crippen LogP) is 2.38. The summed E-state index contributed by atoms with van der Waals surface area (Å²) in [5.74, 6) is -2.88. The van der Waals surface area contributed by atoms with Gasteiger partial charge in [0.1, 0.15) is 5.54 Å². The number of likely N-dealkylation sites (N-methyl/N-ethyl adjacent to an activating group) is 1. The van der Waals surface area contributed by atoms with E-state index >= 15 is 0 Å². The van der Waals surface area contributed by atoms with E-state index in [2.05, 4.69) is 29.1 Å². The molecule has 0 aliphatic carbocycles. The largest absolute Gasteiger partial charge is 0.387 e. The summed E-state index contributed by atoms with van der Waals surface area (Å²) in [6, 6.07) is 0. The van der Waals surface area contributed by atoms with Gasteiger partial charge in [-0.1, -0.05) is 13.2 Å². The summed E-state index contributed by atoms with van der Waals surface area (Å²) in [5.41, 5.74) is -0.402. The average Bonchev–Trinajstić information content (AvgIpc) is 2.36. The lowest BCUT2D eigenvalue weighted by Crippen LogP contribution is -2.63. The van der Waals surface area contributed by atoms with E-state index in [0.29, 0.717) is 30.8 Å². The third-order valence-electron chi connectivity index (χ3n) is 3.64. The number of alkyl halides is 2. The first-order valence-corrected chi connectivity index (χ1v) is 6.81. The second-order valence-corrected chi connectivity index (χ2v) is 5.05. The van der Waals surface area contributed by atoms with Crippen LogP contribution in [-0.2, 0) is 0 Å². The summed E-state index contributed by atoms with van der Waals surface area (Å²) < 4.78 is 29.3. The molecule has 0 spiro atoms. The summed E-state index contributed by atoms with van der Waals surface area (Å²) in [6.07, 6.45) is 1.58. The van der Waals surface area contributed by atoms with Crippen LogP contribution in [0.2, 0.25) is 0 Å². The van der Waals surface area contributed by atoms with Crippen molar-refractivity contribution in [1.29, 1.82) is 0 Å². The highest BCUT2D eigenvalue weighted by Crippen LogP contribution is 2.42. The Morgan fingerprint density at radius 2 is 2.21 bits per heavy atom. The van der Waals surface area contributed by atoms with E-state index in [1.54, 1.807) is 7.05 Å². The van der Waals surface area contributed by atoms with Gasteiger partial charge in [0.05, 0.1) is 0 Å². The zero-order valence-electron chi connectivity index (χ0n) is 11.9. The molecule has 1 aliphatic rings. The van der Waals surface area contributed by atoms with E-state index in [0.717, 1.165) is 6.42 Å². The van der Waals surface area contributed by atoms with Crippen molar-refractivity contribution >= 4 is 0 Å². The van der Waals surface area contributed by atoms with Crippen molar-refractivity contribution in [3.05, 3.63) is 24.6 Å². The zero-order chi connectivity index (χ0) is 14.5. The van der Waals surface area contributed by atoms with Crippen molar-refractivity contribution in [3.8, 4) is 0 Å². The number of halogens is 2. The molecule has 0 aromatic carbocycles. The highest BCUT2D eigenvalue weighted by atomic mass is 19.3. The van der Waals surface area contributed by atoms with Crippen molar-refractivity contribution in [1.82, 2.24) is 16.0 Å². The van der Waals surface area contributed by atoms with Crippen LogP contribution in [0.15, 0.2) is 24.6 Å². The summed E-state index contributed by atoms with van der Waals surface area (Å²) >= 11 is 0. The van der Waals surface area contributed by atoms with Crippen LogP contribution in [0.4, 0.5) is 8.78 Å². The lowest BCUT2D eigenvalue weighted by Gasteiger charge is -2.46. The molecule has 3 N–H and O–H groups in total. The molecule has 1 fully saturated rings. The van der Waals surface area contributed by atoms with Crippen molar-refractivity contribution < 1.29 is 8.78 Å². The van der Waals surface area contributed by atoms with E-state index < -0.39 is 11.5 Å². The van der Waals surface area contributed by atoms with E-state index in [-0.39, 0.29) is 13.0 Å². The van der Waals surface area contributed by atoms with Crippen LogP contribution in [0.5, 0.6) is 0 Å². The Kier molecular flexibility index (Phi) is 5.35. The molecule has 3 nitrogen and oxygen atoms in total. The Labute approximate surface area is 114 Å². The minimum atomic E-state index is -2.88. The molecule has 0 aromatic heterocycles. The second-order valence-electron chi connectivity index (χ2n) is 5.05. The van der Waals surface area contributed by atoms with Crippen LogP contribution < -0.4 is 16.0 Å². The molecule has 1 saturated heterocycles. The topological polar surface area (TPSA) is 36.1 Å². The molecule has 1 aliphatic heterocycles. The smallest absolute Gasteiger partial charge is 0.277 e. The van der Waals surface area contributed by atoms with E-state index in [1.165, 1.54) is 0 Å². The Hall–Kier alpha value is -1.10. The number of allylic oxidation sites excluding steroid dienone is 1. The maximum Gasteiger partial charge on any atom is 0.277 e. The van der Waals surface area contributed by atoms with Crippen molar-refractivity contribution in [2.24, 2.45) is 0 Å². The molecule has 1 atom stereocenters. The molecule has 0 unspecified atom stereocenters. The first-order chi connectivity index (χ1) is 8.89. The molecule has 0 aromatic rings. The van der Waals surface area contributed by atoms with E-state index in [1.807, 2.05) is 6.92 Å². The number of hydrogen-bond donors (Lipinski definition) is 3. The molecule has 5 heteroatoms. The van der Waals surface area contributed by atoms with Crippen LogP contribution in [0.3, 0.4) is 0 Å². The molecule has 0 amide bonds. The molecule has 0 saturated carbocycles. The highest BCUT2D eigenvalue weighted by Gasteiger charge is 2.55. The van der Waals surface area contributed by atoms with Gasteiger partial charge in [-0.25, -0.2) is 8.78 Å². The van der Waals surface area contributed by atoms with Crippen molar-refractivity contribution in [3.63, 3.8) is 0 Å². The van der Waals surface area contributed by atoms with Gasteiger partial charge >= 0.3 is 0 Å². The van der Waals surface area contributed by atoms with Crippen LogP contribution in [0.1, 0.15) is 32.6 Å². The average molecular weight is 273 g/mol. The summed E-state index contributed by atoms with van der Waals surface area (Å²) in [6.45, 7) is 10.4. The maximum atomic E-state index is 14.7. The normalized spacial score (nSPS) is 23.9. The van der Waals surface area contributed by atoms with Gasteiger partial charge in [-0.3, -0.25) is 0 Å². The van der Waals surface area contributed by atoms with Gasteiger partial charge in [0.2, 0.25) is 0 Å². The number of hydrogen-bond acceptors (Lipinski definition) is 3. The molecule has 0 bridgehead atoms. The zero-order valence-corrected chi connectivity index (χ0v) is 11.9. The highest BCUT2D eigenvalue weighted by molar-refractivity contribution is 5.26.